The summed E-state index contributed by atoms with van der Waals surface area (Å²) in [5, 5.41) is 4.05. The third kappa shape index (κ3) is 3.82. The van der Waals surface area contributed by atoms with E-state index in [2.05, 4.69) is 16.1 Å². The van der Waals surface area contributed by atoms with E-state index in [1.165, 1.54) is 0 Å². The number of benzene rings is 3. The van der Waals surface area contributed by atoms with Gasteiger partial charge in [0.2, 0.25) is 0 Å². The minimum Gasteiger partial charge on any atom is -0.457 e. The van der Waals surface area contributed by atoms with Crippen molar-refractivity contribution in [2.45, 2.75) is 11.7 Å². The van der Waals surface area contributed by atoms with Gasteiger partial charge in [0, 0.05) is 29.6 Å². The number of hydrogen-bond donors (Lipinski definition) is 1. The van der Waals surface area contributed by atoms with Gasteiger partial charge in [-0.15, -0.1) is 0 Å². The largest absolute Gasteiger partial charge is 0.457 e. The second-order valence-corrected chi connectivity index (χ2v) is 7.95. The van der Waals surface area contributed by atoms with Crippen molar-refractivity contribution in [3.8, 4) is 22.8 Å². The molecule has 0 spiro atoms. The van der Waals surface area contributed by atoms with Crippen LogP contribution in [-0.4, -0.2) is 21.2 Å². The molecule has 1 aliphatic heterocycles. The summed E-state index contributed by atoms with van der Waals surface area (Å²) in [6.07, 6.45) is 2.05. The van der Waals surface area contributed by atoms with Crippen molar-refractivity contribution in [3.05, 3.63) is 90.6 Å². The van der Waals surface area contributed by atoms with Gasteiger partial charge in [0.25, 0.3) is 5.91 Å². The fraction of sp³-hybridized carbons (Fsp3) is 0.0833. The van der Waals surface area contributed by atoms with E-state index in [9.17, 15) is 4.79 Å². The van der Waals surface area contributed by atoms with Crippen LogP contribution in [-0.2, 0) is 6.54 Å². The minimum atomic E-state index is -0.171. The van der Waals surface area contributed by atoms with Crippen LogP contribution in [0.25, 0.3) is 11.3 Å². The van der Waals surface area contributed by atoms with Crippen molar-refractivity contribution in [1.82, 2.24) is 9.55 Å². The quantitative estimate of drug-likeness (QED) is 0.456. The molecule has 0 bridgehead atoms. The number of rotatable bonds is 5. The highest BCUT2D eigenvalue weighted by atomic mass is 32.2. The van der Waals surface area contributed by atoms with E-state index in [1.807, 2.05) is 54.6 Å². The Morgan fingerprint density at radius 1 is 0.933 bits per heavy atom. The molecule has 1 aromatic heterocycles. The number of amides is 1. The molecular weight excluding hydrogens is 394 g/mol. The number of para-hydroxylation sites is 2. The van der Waals surface area contributed by atoms with Crippen LogP contribution in [0.3, 0.4) is 0 Å². The Bertz CT molecular complexity index is 1170. The SMILES string of the molecule is O=C(Nc1ccccc1-c1cn2c(n1)SCC2)c1ccc(Oc2ccccc2)cc1. The van der Waals surface area contributed by atoms with Gasteiger partial charge in [0.15, 0.2) is 5.16 Å². The van der Waals surface area contributed by atoms with Crippen molar-refractivity contribution in [3.63, 3.8) is 0 Å². The number of anilines is 1. The molecule has 0 atom stereocenters. The number of imidazole rings is 1. The summed E-state index contributed by atoms with van der Waals surface area (Å²) < 4.78 is 7.95. The Morgan fingerprint density at radius 3 is 2.47 bits per heavy atom. The van der Waals surface area contributed by atoms with Gasteiger partial charge in [-0.3, -0.25) is 4.79 Å². The van der Waals surface area contributed by atoms with Crippen LogP contribution in [0.4, 0.5) is 5.69 Å². The van der Waals surface area contributed by atoms with Crippen LogP contribution >= 0.6 is 11.8 Å². The molecule has 4 aromatic rings. The standard InChI is InChI=1S/C24H19N3O2S/c28-23(17-10-12-19(13-11-17)29-18-6-2-1-3-7-18)25-21-9-5-4-8-20(21)22-16-27-14-15-30-24(27)26-22/h1-13,16H,14-15H2,(H,25,28). The number of nitrogens with zero attached hydrogens (tertiary/aromatic N) is 2. The lowest BCUT2D eigenvalue weighted by atomic mass is 10.1. The molecule has 0 fully saturated rings. The molecule has 0 unspecified atom stereocenters. The Balaban J connectivity index is 1.33. The van der Waals surface area contributed by atoms with Crippen molar-refractivity contribution in [2.75, 3.05) is 11.1 Å². The zero-order chi connectivity index (χ0) is 20.3. The van der Waals surface area contributed by atoms with Crippen molar-refractivity contribution in [1.29, 1.82) is 0 Å². The summed E-state index contributed by atoms with van der Waals surface area (Å²) in [4.78, 5) is 17.5. The first-order valence-corrected chi connectivity index (χ1v) is 10.7. The molecule has 1 N–H and O–H groups in total. The lowest BCUT2D eigenvalue weighted by Gasteiger charge is -2.10. The van der Waals surface area contributed by atoms with E-state index in [-0.39, 0.29) is 5.91 Å². The average Bonchev–Trinajstić information content (AvgIpc) is 3.38. The summed E-state index contributed by atoms with van der Waals surface area (Å²) in [5.74, 6) is 2.33. The lowest BCUT2D eigenvalue weighted by Crippen LogP contribution is -2.12. The second-order valence-electron chi connectivity index (χ2n) is 6.89. The fourth-order valence-corrected chi connectivity index (χ4v) is 4.29. The van der Waals surface area contributed by atoms with E-state index >= 15 is 0 Å². The molecule has 2 heterocycles. The number of aryl methyl sites for hydroxylation is 1. The first-order chi connectivity index (χ1) is 14.8. The van der Waals surface area contributed by atoms with Gasteiger partial charge >= 0.3 is 0 Å². The molecular formula is C24H19N3O2S. The van der Waals surface area contributed by atoms with E-state index in [1.54, 1.807) is 36.0 Å². The topological polar surface area (TPSA) is 56.2 Å². The van der Waals surface area contributed by atoms with Crippen LogP contribution in [0.5, 0.6) is 11.5 Å². The number of aromatic nitrogens is 2. The molecule has 3 aromatic carbocycles. The monoisotopic (exact) mass is 413 g/mol. The van der Waals surface area contributed by atoms with E-state index in [0.29, 0.717) is 11.3 Å². The third-order valence-electron chi connectivity index (χ3n) is 4.85. The first-order valence-electron chi connectivity index (χ1n) is 9.70. The maximum absolute atomic E-state index is 12.8. The molecule has 0 saturated carbocycles. The van der Waals surface area contributed by atoms with Crippen molar-refractivity contribution < 1.29 is 9.53 Å². The summed E-state index contributed by atoms with van der Waals surface area (Å²) in [6.45, 7) is 0.971. The van der Waals surface area contributed by atoms with Gasteiger partial charge in [-0.1, -0.05) is 48.2 Å². The summed E-state index contributed by atoms with van der Waals surface area (Å²) >= 11 is 1.75. The molecule has 148 valence electrons. The maximum atomic E-state index is 12.8. The molecule has 0 saturated heterocycles. The van der Waals surface area contributed by atoms with Crippen LogP contribution in [0.2, 0.25) is 0 Å². The number of carbonyl (C=O) groups is 1. The Kier molecular flexibility index (Phi) is 4.99. The van der Waals surface area contributed by atoms with Crippen molar-refractivity contribution >= 4 is 23.4 Å². The molecule has 1 amide bonds. The lowest BCUT2D eigenvalue weighted by molar-refractivity contribution is 0.102. The third-order valence-corrected chi connectivity index (χ3v) is 5.82. The van der Waals surface area contributed by atoms with Gasteiger partial charge in [-0.05, 0) is 42.5 Å². The first kappa shape index (κ1) is 18.5. The summed E-state index contributed by atoms with van der Waals surface area (Å²) in [5.41, 5.74) is 3.10. The predicted molar refractivity (Wildman–Crippen MR) is 119 cm³/mol. The molecule has 6 heteroatoms. The van der Waals surface area contributed by atoms with Gasteiger partial charge in [-0.25, -0.2) is 4.98 Å². The van der Waals surface area contributed by atoms with Crippen molar-refractivity contribution in [2.24, 2.45) is 0 Å². The van der Waals surface area contributed by atoms with Crippen LogP contribution in [0, 0.1) is 0 Å². The molecule has 1 aliphatic rings. The number of ether oxygens (including phenoxy) is 1. The number of nitrogens with one attached hydrogen (secondary N) is 1. The Morgan fingerprint density at radius 2 is 1.67 bits per heavy atom. The molecule has 5 rings (SSSR count). The normalized spacial score (nSPS) is 12.4. The van der Waals surface area contributed by atoms with E-state index in [4.69, 9.17) is 9.72 Å². The molecule has 0 radical (unpaired) electrons. The predicted octanol–water partition coefficient (Wildman–Crippen LogP) is 5.70. The molecule has 30 heavy (non-hydrogen) atoms. The second kappa shape index (κ2) is 8.08. The maximum Gasteiger partial charge on any atom is 0.255 e. The zero-order valence-electron chi connectivity index (χ0n) is 16.1. The minimum absolute atomic E-state index is 0.171. The Labute approximate surface area is 178 Å². The summed E-state index contributed by atoms with van der Waals surface area (Å²) in [6, 6.07) is 24.4. The highest BCUT2D eigenvalue weighted by Gasteiger charge is 2.18. The Hall–Kier alpha value is -3.51. The number of thioether (sulfide) groups is 1. The average molecular weight is 414 g/mol. The number of hydrogen-bond acceptors (Lipinski definition) is 4. The van der Waals surface area contributed by atoms with Crippen LogP contribution < -0.4 is 10.1 Å². The fourth-order valence-electron chi connectivity index (χ4n) is 3.35. The number of carbonyl (C=O) groups excluding carboxylic acids is 1. The molecule has 5 nitrogen and oxygen atoms in total. The van der Waals surface area contributed by atoms with Crippen LogP contribution in [0.1, 0.15) is 10.4 Å². The number of fused-ring (bicyclic) bond motifs is 1. The van der Waals surface area contributed by atoms with Crippen LogP contribution in [0.15, 0.2) is 90.2 Å². The van der Waals surface area contributed by atoms with Gasteiger partial charge in [0.05, 0.1) is 11.4 Å². The van der Waals surface area contributed by atoms with Gasteiger partial charge < -0.3 is 14.6 Å². The van der Waals surface area contributed by atoms with Gasteiger partial charge in [-0.2, -0.15) is 0 Å². The summed E-state index contributed by atoms with van der Waals surface area (Å²) in [7, 11) is 0. The highest BCUT2D eigenvalue weighted by molar-refractivity contribution is 7.99. The van der Waals surface area contributed by atoms with Gasteiger partial charge in [0.1, 0.15) is 11.5 Å². The highest BCUT2D eigenvalue weighted by Crippen LogP contribution is 2.32. The molecule has 0 aliphatic carbocycles. The zero-order valence-corrected chi connectivity index (χ0v) is 16.9. The smallest absolute Gasteiger partial charge is 0.255 e. The van der Waals surface area contributed by atoms with E-state index < -0.39 is 0 Å². The van der Waals surface area contributed by atoms with E-state index in [0.717, 1.165) is 40.1 Å².